The zero-order valence-electron chi connectivity index (χ0n) is 10.2. The molecule has 8 nitrogen and oxygen atoms in total. The number of rotatable bonds is 5. The van der Waals surface area contributed by atoms with Crippen LogP contribution in [0.3, 0.4) is 0 Å². The van der Waals surface area contributed by atoms with Crippen molar-refractivity contribution in [3.63, 3.8) is 0 Å². The van der Waals surface area contributed by atoms with Crippen molar-refractivity contribution in [2.45, 2.75) is 6.92 Å². The monoisotopic (exact) mass is 269 g/mol. The summed E-state index contributed by atoms with van der Waals surface area (Å²) in [6.45, 7) is 0.803. The number of esters is 1. The van der Waals surface area contributed by atoms with Gasteiger partial charge >= 0.3 is 11.7 Å². The first-order valence-corrected chi connectivity index (χ1v) is 5.08. The maximum absolute atomic E-state index is 11.3. The Kier molecular flexibility index (Phi) is 4.41. The van der Waals surface area contributed by atoms with Gasteiger partial charge in [-0.3, -0.25) is 14.9 Å². The molecule has 0 unspecified atom stereocenters. The Balaban J connectivity index is 3.26. The van der Waals surface area contributed by atoms with Crippen LogP contribution >= 0.6 is 0 Å². The number of nitro groups is 1. The minimum atomic E-state index is -0.837. The van der Waals surface area contributed by atoms with Crippen LogP contribution in [-0.2, 0) is 9.53 Å². The number of phenolic OH excluding ortho intramolecular Hbond substituents is 1. The van der Waals surface area contributed by atoms with Gasteiger partial charge in [-0.05, 0) is 13.0 Å². The molecule has 0 amide bonds. The normalized spacial score (nSPS) is 9.79. The van der Waals surface area contributed by atoms with Crippen molar-refractivity contribution in [3.8, 4) is 11.5 Å². The van der Waals surface area contributed by atoms with E-state index in [1.165, 1.54) is 6.92 Å². The molecule has 0 atom stereocenters. The predicted octanol–water partition coefficient (Wildman–Crippen LogP) is 1.05. The number of ketones is 1. The minimum Gasteiger partial charge on any atom is -0.504 e. The van der Waals surface area contributed by atoms with Gasteiger partial charge in [0.1, 0.15) is 6.61 Å². The molecule has 0 saturated heterocycles. The second-order valence-corrected chi connectivity index (χ2v) is 3.58. The Morgan fingerprint density at radius 1 is 1.42 bits per heavy atom. The Morgan fingerprint density at radius 2 is 2.05 bits per heavy atom. The lowest BCUT2D eigenvalue weighted by atomic mass is 10.1. The van der Waals surface area contributed by atoms with Gasteiger partial charge < -0.3 is 14.6 Å². The minimum absolute atomic E-state index is 0.193. The highest BCUT2D eigenvalue weighted by Gasteiger charge is 2.24. The summed E-state index contributed by atoms with van der Waals surface area (Å²) < 4.78 is 9.26. The smallest absolute Gasteiger partial charge is 0.338 e. The first kappa shape index (κ1) is 14.4. The molecule has 0 radical (unpaired) electrons. The Labute approximate surface area is 107 Å². The van der Waals surface area contributed by atoms with Gasteiger partial charge in [0, 0.05) is 6.07 Å². The number of benzene rings is 1. The Bertz CT molecular complexity index is 538. The van der Waals surface area contributed by atoms with Crippen LogP contribution in [0.15, 0.2) is 12.1 Å². The predicted molar refractivity (Wildman–Crippen MR) is 62.3 cm³/mol. The van der Waals surface area contributed by atoms with E-state index in [2.05, 4.69) is 4.74 Å². The molecule has 0 aliphatic rings. The van der Waals surface area contributed by atoms with Crippen molar-refractivity contribution in [2.75, 3.05) is 13.7 Å². The summed E-state index contributed by atoms with van der Waals surface area (Å²) in [6, 6.07) is 1.87. The van der Waals surface area contributed by atoms with Crippen LogP contribution in [0.1, 0.15) is 17.3 Å². The third-order valence-corrected chi connectivity index (χ3v) is 2.09. The second-order valence-electron chi connectivity index (χ2n) is 3.58. The molecule has 0 fully saturated rings. The fraction of sp³-hybridized carbons (Fsp3) is 0.273. The van der Waals surface area contributed by atoms with Gasteiger partial charge in [-0.1, -0.05) is 0 Å². The third-order valence-electron chi connectivity index (χ3n) is 2.09. The summed E-state index contributed by atoms with van der Waals surface area (Å²) in [5, 5.41) is 20.5. The number of carbonyl (C=O) groups is 2. The lowest BCUT2D eigenvalue weighted by molar-refractivity contribution is -0.385. The molecule has 1 aromatic rings. The summed E-state index contributed by atoms with van der Waals surface area (Å²) >= 11 is 0. The van der Waals surface area contributed by atoms with Gasteiger partial charge in [0.25, 0.3) is 0 Å². The summed E-state index contributed by atoms with van der Waals surface area (Å²) in [6.07, 6.45) is 0. The Morgan fingerprint density at radius 3 is 2.53 bits per heavy atom. The van der Waals surface area contributed by atoms with E-state index in [0.717, 1.165) is 19.2 Å². The van der Waals surface area contributed by atoms with Crippen LogP contribution in [0.5, 0.6) is 11.5 Å². The highest BCUT2D eigenvalue weighted by Crippen LogP contribution is 2.37. The number of methoxy groups -OCH3 is 1. The highest BCUT2D eigenvalue weighted by molar-refractivity contribution is 5.91. The highest BCUT2D eigenvalue weighted by atomic mass is 16.6. The van der Waals surface area contributed by atoms with E-state index >= 15 is 0 Å². The van der Waals surface area contributed by atoms with Crippen molar-refractivity contribution in [2.24, 2.45) is 0 Å². The first-order chi connectivity index (χ1) is 8.86. The molecule has 102 valence electrons. The van der Waals surface area contributed by atoms with Gasteiger partial charge in [-0.25, -0.2) is 4.79 Å². The summed E-state index contributed by atoms with van der Waals surface area (Å²) in [5.41, 5.74) is -0.816. The van der Waals surface area contributed by atoms with Gasteiger partial charge in [0.15, 0.2) is 11.5 Å². The number of carbonyl (C=O) groups excluding carboxylic acids is 2. The van der Waals surface area contributed by atoms with E-state index in [1.54, 1.807) is 0 Å². The number of nitrogens with zero attached hydrogens (tertiary/aromatic N) is 1. The number of hydrogen-bond acceptors (Lipinski definition) is 7. The van der Waals surface area contributed by atoms with E-state index in [9.17, 15) is 24.8 Å². The van der Waals surface area contributed by atoms with Gasteiger partial charge in [-0.15, -0.1) is 0 Å². The van der Waals surface area contributed by atoms with Crippen LogP contribution in [0.2, 0.25) is 0 Å². The third kappa shape index (κ3) is 3.41. The Hall–Kier alpha value is -2.64. The molecule has 8 heteroatoms. The van der Waals surface area contributed by atoms with Crippen molar-refractivity contribution < 1.29 is 29.1 Å². The van der Waals surface area contributed by atoms with Crippen molar-refractivity contribution in [3.05, 3.63) is 27.8 Å². The second kappa shape index (κ2) is 5.80. The average molecular weight is 269 g/mol. The van der Waals surface area contributed by atoms with E-state index in [-0.39, 0.29) is 11.3 Å². The number of hydrogen-bond donors (Lipinski definition) is 1. The molecule has 0 spiro atoms. The van der Waals surface area contributed by atoms with Crippen LogP contribution in [0.4, 0.5) is 5.69 Å². The van der Waals surface area contributed by atoms with Crippen LogP contribution in [-0.4, -0.2) is 35.5 Å². The van der Waals surface area contributed by atoms with E-state index < -0.39 is 34.7 Å². The molecule has 19 heavy (non-hydrogen) atoms. The summed E-state index contributed by atoms with van der Waals surface area (Å²) in [7, 11) is 1.10. The quantitative estimate of drug-likeness (QED) is 0.482. The van der Waals surface area contributed by atoms with Gasteiger partial charge in [-0.2, -0.15) is 0 Å². The number of Topliss-reactive ketones (excluding diaryl/α,β-unsaturated/α-hetero) is 1. The molecule has 0 aliphatic carbocycles. The summed E-state index contributed by atoms with van der Waals surface area (Å²) in [4.78, 5) is 32.1. The number of phenols is 1. The molecule has 0 bridgehead atoms. The fourth-order valence-corrected chi connectivity index (χ4v) is 1.29. The van der Waals surface area contributed by atoms with Crippen molar-refractivity contribution in [1.29, 1.82) is 0 Å². The topological polar surface area (TPSA) is 116 Å². The maximum atomic E-state index is 11.3. The zero-order valence-corrected chi connectivity index (χ0v) is 10.2. The largest absolute Gasteiger partial charge is 0.504 e. The molecular weight excluding hydrogens is 258 g/mol. The molecule has 0 heterocycles. The number of nitro benzene ring substituents is 1. The van der Waals surface area contributed by atoms with E-state index in [4.69, 9.17) is 4.74 Å². The zero-order chi connectivity index (χ0) is 14.6. The number of aromatic hydroxyl groups is 1. The molecule has 1 N–H and O–H groups in total. The fourth-order valence-electron chi connectivity index (χ4n) is 1.29. The van der Waals surface area contributed by atoms with Gasteiger partial charge in [0.05, 0.1) is 17.6 Å². The molecule has 0 aromatic heterocycles. The first-order valence-electron chi connectivity index (χ1n) is 5.08. The van der Waals surface area contributed by atoms with Crippen molar-refractivity contribution in [1.82, 2.24) is 0 Å². The maximum Gasteiger partial charge on any atom is 0.338 e. The standard InChI is InChI=1S/C11H11NO7/c1-6(13)5-19-10-8(12(16)17)3-7(4-9(10)14)11(15)18-2/h3-4,14H,5H2,1-2H3. The summed E-state index contributed by atoms with van der Waals surface area (Å²) in [5.74, 6) is -2.29. The van der Waals surface area contributed by atoms with Crippen LogP contribution in [0, 0.1) is 10.1 Å². The molecule has 1 rings (SSSR count). The van der Waals surface area contributed by atoms with E-state index in [1.807, 2.05) is 0 Å². The lowest BCUT2D eigenvalue weighted by Gasteiger charge is -2.08. The molecule has 1 aromatic carbocycles. The van der Waals surface area contributed by atoms with Gasteiger partial charge in [0.2, 0.25) is 5.75 Å². The lowest BCUT2D eigenvalue weighted by Crippen LogP contribution is -2.09. The van der Waals surface area contributed by atoms with Crippen LogP contribution < -0.4 is 4.74 Å². The molecule has 0 aliphatic heterocycles. The number of ether oxygens (including phenoxy) is 2. The van der Waals surface area contributed by atoms with Crippen molar-refractivity contribution >= 4 is 17.4 Å². The van der Waals surface area contributed by atoms with E-state index in [0.29, 0.717) is 0 Å². The average Bonchev–Trinajstić information content (AvgIpc) is 2.35. The molecular formula is C11H11NO7. The molecule has 0 saturated carbocycles. The van der Waals surface area contributed by atoms with Crippen LogP contribution in [0.25, 0.3) is 0 Å². The SMILES string of the molecule is COC(=O)c1cc(O)c(OCC(C)=O)c([N+](=O)[O-])c1.